The summed E-state index contributed by atoms with van der Waals surface area (Å²) >= 11 is 0. The molecule has 0 fully saturated rings. The first-order valence-electron chi connectivity index (χ1n) is 6.32. The standard InChI is InChI=1S/C12H20O2Si.6CO.2Co/c1-6-12(15(3,4)5)9-7-8-10-14-11(2)13;6*1-2;;/h6,12H,1,9-10H2,2-5H3;;;;;;;;. The Kier molecular flexibility index (Phi) is 123. The van der Waals surface area contributed by atoms with Crippen molar-refractivity contribution in [2.75, 3.05) is 6.61 Å². The van der Waals surface area contributed by atoms with Crippen LogP contribution in [0.25, 0.3) is 0 Å². The van der Waals surface area contributed by atoms with Crippen LogP contribution in [0.5, 0.6) is 0 Å². The number of ether oxygens (including phenoxy) is 1. The molecule has 0 N–H and O–H groups in total. The largest absolute Gasteiger partial charge is 0 e. The fraction of sp³-hybridized carbons (Fsp3) is 0.389. The van der Waals surface area contributed by atoms with Crippen LogP contribution in [0.1, 0.15) is 13.3 Å². The van der Waals surface area contributed by atoms with Gasteiger partial charge in [-0.15, -0.1) is 6.58 Å². The summed E-state index contributed by atoms with van der Waals surface area (Å²) in [5.41, 5.74) is 0.502. The van der Waals surface area contributed by atoms with Crippen LogP contribution in [0.2, 0.25) is 25.2 Å². The van der Waals surface area contributed by atoms with Crippen molar-refractivity contribution in [3.63, 3.8) is 0 Å². The predicted molar refractivity (Wildman–Crippen MR) is 89.9 cm³/mol. The van der Waals surface area contributed by atoms with Crippen LogP contribution in [0, 0.1) is 51.7 Å². The Labute approximate surface area is 194 Å². The third-order valence-corrected chi connectivity index (χ3v) is 4.86. The second-order valence-corrected chi connectivity index (χ2v) is 10.0. The van der Waals surface area contributed by atoms with E-state index < -0.39 is 8.07 Å². The van der Waals surface area contributed by atoms with E-state index in [-0.39, 0.29) is 46.1 Å². The summed E-state index contributed by atoms with van der Waals surface area (Å²) in [5.74, 6) is 5.59. The molecule has 1 unspecified atom stereocenters. The normalized spacial score (nSPS) is 6.76. The maximum atomic E-state index is 10.5. The fourth-order valence-electron chi connectivity index (χ4n) is 1.11. The third-order valence-electron chi connectivity index (χ3n) is 2.19. The van der Waals surface area contributed by atoms with Gasteiger partial charge >= 0.3 is 73.8 Å². The molecule has 0 amide bonds. The van der Waals surface area contributed by atoms with Gasteiger partial charge in [-0.2, -0.15) is 0 Å². The molecule has 0 aromatic carbocycles. The van der Waals surface area contributed by atoms with Crippen LogP contribution >= 0.6 is 0 Å². The molecule has 0 bridgehead atoms. The second kappa shape index (κ2) is 63.3. The molecule has 1 atom stereocenters. The summed E-state index contributed by atoms with van der Waals surface area (Å²) in [4.78, 5) is 10.5. The topological polar surface area (TPSA) is 146 Å². The minimum atomic E-state index is -1.20. The molecule has 0 aliphatic carbocycles. The molecule has 0 saturated carbocycles. The Morgan fingerprint density at radius 3 is 1.41 bits per heavy atom. The Hall–Kier alpha value is -1.56. The molecule has 11 heteroatoms. The molecular weight excluding hydrogens is 490 g/mol. The summed E-state index contributed by atoms with van der Waals surface area (Å²) < 4.78 is 49.7. The Bertz CT molecular complexity index is 471. The summed E-state index contributed by atoms with van der Waals surface area (Å²) in [7, 11) is -1.20. The number of allylic oxidation sites excluding steroid dienone is 1. The van der Waals surface area contributed by atoms with Crippen LogP contribution in [0.4, 0.5) is 0 Å². The molecule has 2 radical (unpaired) electrons. The summed E-state index contributed by atoms with van der Waals surface area (Å²) in [6.07, 6.45) is 2.81. The minimum Gasteiger partial charge on any atom is 0 e. The van der Waals surface area contributed by atoms with Gasteiger partial charge in [-0.3, -0.25) is 4.79 Å². The Morgan fingerprint density at radius 1 is 0.897 bits per heavy atom. The van der Waals surface area contributed by atoms with Crippen molar-refractivity contribution in [3.05, 3.63) is 52.6 Å². The van der Waals surface area contributed by atoms with E-state index in [0.717, 1.165) is 6.42 Å². The first kappa shape index (κ1) is 56.4. The Morgan fingerprint density at radius 2 is 1.21 bits per heavy atom. The SMILES string of the molecule is C=CC(CC#CCOC(C)=O)[Si](C)(C)C.[C-]#[O+].[C-]#[O+].[C-]#[O+].[C-]#[O+].[C-]#[O+].[C-]#[O+].[Co].[Co]. The van der Waals surface area contributed by atoms with Crippen molar-refractivity contribution in [1.29, 1.82) is 0 Å². The summed E-state index contributed by atoms with van der Waals surface area (Å²) in [6.45, 7) is 39.3. The van der Waals surface area contributed by atoms with Crippen molar-refractivity contribution >= 4 is 14.0 Å². The number of hydrogen-bond acceptors (Lipinski definition) is 2. The van der Waals surface area contributed by atoms with E-state index in [2.05, 4.69) is 78.0 Å². The monoisotopic (exact) mass is 510 g/mol. The van der Waals surface area contributed by atoms with E-state index in [4.69, 9.17) is 32.6 Å². The maximum absolute atomic E-state index is 10.5. The fourth-order valence-corrected chi connectivity index (χ4v) is 2.54. The van der Waals surface area contributed by atoms with Gasteiger partial charge in [0.05, 0.1) is 8.07 Å². The van der Waals surface area contributed by atoms with Gasteiger partial charge in [-0.25, -0.2) is 0 Å². The number of rotatable bonds is 4. The van der Waals surface area contributed by atoms with Crippen LogP contribution in [-0.4, -0.2) is 20.7 Å². The molecule has 0 spiro atoms. The molecule has 0 aromatic heterocycles. The van der Waals surface area contributed by atoms with Gasteiger partial charge < -0.3 is 4.74 Å². The van der Waals surface area contributed by atoms with Crippen LogP contribution in [0.3, 0.4) is 0 Å². The number of carbonyl (C=O) groups excluding carboxylic acids is 1. The molecule has 0 saturated heterocycles. The zero-order valence-corrected chi connectivity index (χ0v) is 19.3. The van der Waals surface area contributed by atoms with Crippen molar-refractivity contribution in [3.8, 4) is 11.8 Å². The van der Waals surface area contributed by atoms with Crippen LogP contribution in [0.15, 0.2) is 12.7 Å². The molecular formula is C18H20Co2O8Si. The molecule has 0 aliphatic heterocycles. The quantitative estimate of drug-likeness (QED) is 0.143. The van der Waals surface area contributed by atoms with Gasteiger partial charge in [0.15, 0.2) is 6.61 Å². The zero-order valence-electron chi connectivity index (χ0n) is 16.2. The first-order chi connectivity index (χ1) is 12.9. The minimum absolute atomic E-state index is 0. The Balaban J connectivity index is -0.0000000349. The maximum Gasteiger partial charge on any atom is 0 e. The van der Waals surface area contributed by atoms with Crippen molar-refractivity contribution in [2.24, 2.45) is 0 Å². The molecule has 29 heavy (non-hydrogen) atoms. The number of carbonyl (C=O) groups is 1. The van der Waals surface area contributed by atoms with E-state index in [1.165, 1.54) is 6.92 Å². The first-order valence-corrected chi connectivity index (χ1v) is 9.89. The molecule has 8 nitrogen and oxygen atoms in total. The van der Waals surface area contributed by atoms with Gasteiger partial charge in [0.2, 0.25) is 0 Å². The van der Waals surface area contributed by atoms with Gasteiger partial charge in [0.25, 0.3) is 0 Å². The van der Waals surface area contributed by atoms with Crippen molar-refractivity contribution < 1.29 is 71.0 Å². The second-order valence-electron chi connectivity index (χ2n) is 4.55. The predicted octanol–water partition coefficient (Wildman–Crippen LogP) is 2.61. The van der Waals surface area contributed by atoms with E-state index in [9.17, 15) is 4.79 Å². The van der Waals surface area contributed by atoms with Crippen LogP contribution < -0.4 is 0 Å². The van der Waals surface area contributed by atoms with Crippen molar-refractivity contribution in [1.82, 2.24) is 0 Å². The molecule has 0 aliphatic rings. The van der Waals surface area contributed by atoms with Gasteiger partial charge in [-0.05, 0) is 5.54 Å². The number of esters is 1. The molecule has 0 aromatic rings. The van der Waals surface area contributed by atoms with Crippen molar-refractivity contribution in [2.45, 2.75) is 38.5 Å². The van der Waals surface area contributed by atoms with Gasteiger partial charge in [0.1, 0.15) is 0 Å². The summed E-state index contributed by atoms with van der Waals surface area (Å²) in [6, 6.07) is 0. The average molecular weight is 510 g/mol. The molecule has 0 rings (SSSR count). The van der Waals surface area contributed by atoms with E-state index in [1.54, 1.807) is 0 Å². The van der Waals surface area contributed by atoms with E-state index in [1.807, 2.05) is 6.08 Å². The average Bonchev–Trinajstić information content (AvgIpc) is 2.72. The van der Waals surface area contributed by atoms with Crippen LogP contribution in [-0.2, 0) is 71.0 Å². The summed E-state index contributed by atoms with van der Waals surface area (Å²) in [5, 5.41) is 0. The molecule has 0 heterocycles. The smallest absolute Gasteiger partial charge is 0 e. The van der Waals surface area contributed by atoms with Gasteiger partial charge in [-0.1, -0.05) is 37.6 Å². The number of hydrogen-bond donors (Lipinski definition) is 0. The molecule has 162 valence electrons. The van der Waals surface area contributed by atoms with Gasteiger partial charge in [0, 0.05) is 46.9 Å². The van der Waals surface area contributed by atoms with E-state index >= 15 is 0 Å². The third kappa shape index (κ3) is 75.7. The van der Waals surface area contributed by atoms with E-state index in [0.29, 0.717) is 5.54 Å². The zero-order chi connectivity index (χ0) is 23.9.